The number of carboxylic acid groups (broad SMARTS) is 1. The Hall–Kier alpha value is -1.49. The van der Waals surface area contributed by atoms with Gasteiger partial charge in [0.2, 0.25) is 0 Å². The van der Waals surface area contributed by atoms with Gasteiger partial charge in [0.25, 0.3) is 0 Å². The minimum Gasteiger partial charge on any atom is -0.478 e. The second kappa shape index (κ2) is 7.06. The number of hydrogen-bond donors (Lipinski definition) is 2. The Bertz CT molecular complexity index is 447. The van der Waals surface area contributed by atoms with Crippen LogP contribution < -0.4 is 5.32 Å². The van der Waals surface area contributed by atoms with Crippen LogP contribution in [0.2, 0.25) is 0 Å². The van der Waals surface area contributed by atoms with Crippen molar-refractivity contribution < 1.29 is 9.90 Å². The van der Waals surface area contributed by atoms with E-state index < -0.39 is 5.97 Å². The summed E-state index contributed by atoms with van der Waals surface area (Å²) < 4.78 is 0. The zero-order valence-electron chi connectivity index (χ0n) is 10.7. The summed E-state index contributed by atoms with van der Waals surface area (Å²) in [4.78, 5) is 15.4. The first-order valence-electron chi connectivity index (χ1n) is 5.70. The summed E-state index contributed by atoms with van der Waals surface area (Å²) >= 11 is 1.74. The van der Waals surface area contributed by atoms with Crippen LogP contribution in [0.4, 0.5) is 5.82 Å². The fraction of sp³-hybridized carbons (Fsp3) is 0.385. The van der Waals surface area contributed by atoms with E-state index >= 15 is 0 Å². The lowest BCUT2D eigenvalue weighted by Crippen LogP contribution is -2.13. The lowest BCUT2D eigenvalue weighted by atomic mass is 10.1. The van der Waals surface area contributed by atoms with Crippen molar-refractivity contribution >= 4 is 23.5 Å². The van der Waals surface area contributed by atoms with Crippen LogP contribution >= 0.6 is 11.8 Å². The van der Waals surface area contributed by atoms with Crippen molar-refractivity contribution in [2.75, 3.05) is 23.4 Å². The molecule has 0 saturated carbocycles. The van der Waals surface area contributed by atoms with Crippen molar-refractivity contribution in [1.82, 2.24) is 4.98 Å². The van der Waals surface area contributed by atoms with Gasteiger partial charge in [0.15, 0.2) is 0 Å². The molecule has 0 aromatic carbocycles. The van der Waals surface area contributed by atoms with Crippen LogP contribution in [0.3, 0.4) is 0 Å². The molecule has 0 radical (unpaired) electrons. The molecule has 0 spiro atoms. The van der Waals surface area contributed by atoms with Gasteiger partial charge in [-0.05, 0) is 25.5 Å². The summed E-state index contributed by atoms with van der Waals surface area (Å²) in [5.41, 5.74) is 1.81. The summed E-state index contributed by atoms with van der Waals surface area (Å²) in [6.07, 6.45) is 1.85. The molecule has 0 atom stereocenters. The van der Waals surface area contributed by atoms with E-state index in [1.54, 1.807) is 24.8 Å². The topological polar surface area (TPSA) is 62.2 Å². The Balaban J connectivity index is 2.74. The Morgan fingerprint density at radius 1 is 1.61 bits per heavy atom. The number of nitrogens with zero attached hydrogens (tertiary/aromatic N) is 1. The molecule has 1 heterocycles. The zero-order chi connectivity index (χ0) is 13.5. The second-order valence-electron chi connectivity index (χ2n) is 3.90. The quantitative estimate of drug-likeness (QED) is 0.587. The van der Waals surface area contributed by atoms with Crippen LogP contribution in [0.5, 0.6) is 0 Å². The zero-order valence-corrected chi connectivity index (χ0v) is 11.5. The molecule has 0 fully saturated rings. The van der Waals surface area contributed by atoms with Gasteiger partial charge in [-0.3, -0.25) is 0 Å². The molecule has 0 amide bonds. The first-order chi connectivity index (χ1) is 8.56. The molecule has 5 heteroatoms. The molecule has 1 aromatic rings. The molecule has 0 saturated heterocycles. The summed E-state index contributed by atoms with van der Waals surface area (Å²) in [6, 6.07) is 1.78. The van der Waals surface area contributed by atoms with Gasteiger partial charge in [0.05, 0.1) is 0 Å². The molecule has 1 aromatic heterocycles. The second-order valence-corrected chi connectivity index (χ2v) is 5.05. The van der Waals surface area contributed by atoms with Gasteiger partial charge in [-0.15, -0.1) is 6.58 Å². The standard InChI is InChI=1S/C13H18N2O2S/c1-4-6-18-7-5-14-12-11(13(16)17)9(2)8-10(3)15-12/h4,8H,1,5-7H2,2-3H3,(H,14,15)(H,16,17). The predicted molar refractivity (Wildman–Crippen MR) is 76.7 cm³/mol. The highest BCUT2D eigenvalue weighted by atomic mass is 32.2. The molecule has 0 aliphatic carbocycles. The molecule has 0 aliphatic heterocycles. The number of rotatable bonds is 7. The molecule has 0 aliphatic rings. The van der Waals surface area contributed by atoms with E-state index in [-0.39, 0.29) is 5.56 Å². The molecule has 2 N–H and O–H groups in total. The Morgan fingerprint density at radius 2 is 2.33 bits per heavy atom. The van der Waals surface area contributed by atoms with Crippen molar-refractivity contribution in [1.29, 1.82) is 0 Å². The summed E-state index contributed by atoms with van der Waals surface area (Å²) in [7, 11) is 0. The number of aromatic carboxylic acids is 1. The van der Waals surface area contributed by atoms with Gasteiger partial charge < -0.3 is 10.4 Å². The Morgan fingerprint density at radius 3 is 2.94 bits per heavy atom. The van der Waals surface area contributed by atoms with Crippen molar-refractivity contribution in [3.63, 3.8) is 0 Å². The maximum absolute atomic E-state index is 11.2. The van der Waals surface area contributed by atoms with Crippen molar-refractivity contribution in [2.45, 2.75) is 13.8 Å². The Labute approximate surface area is 112 Å². The van der Waals surface area contributed by atoms with E-state index in [1.165, 1.54) is 0 Å². The molecule has 18 heavy (non-hydrogen) atoms. The normalized spacial score (nSPS) is 10.1. The third kappa shape index (κ3) is 4.07. The number of aryl methyl sites for hydroxylation is 2. The van der Waals surface area contributed by atoms with Crippen LogP contribution in [0, 0.1) is 13.8 Å². The van der Waals surface area contributed by atoms with Crippen LogP contribution in [0.1, 0.15) is 21.6 Å². The molecule has 0 bridgehead atoms. The molecule has 4 nitrogen and oxygen atoms in total. The third-order valence-electron chi connectivity index (χ3n) is 2.33. The van der Waals surface area contributed by atoms with Gasteiger partial charge in [0.1, 0.15) is 11.4 Å². The number of aromatic nitrogens is 1. The maximum Gasteiger partial charge on any atom is 0.339 e. The van der Waals surface area contributed by atoms with E-state index in [9.17, 15) is 9.90 Å². The average Bonchev–Trinajstić information content (AvgIpc) is 2.27. The highest BCUT2D eigenvalue weighted by Gasteiger charge is 2.15. The van der Waals surface area contributed by atoms with Crippen LogP contribution in [0.15, 0.2) is 18.7 Å². The highest BCUT2D eigenvalue weighted by molar-refractivity contribution is 7.99. The van der Waals surface area contributed by atoms with Crippen molar-refractivity contribution in [3.8, 4) is 0 Å². The third-order valence-corrected chi connectivity index (χ3v) is 3.30. The summed E-state index contributed by atoms with van der Waals surface area (Å²) in [6.45, 7) is 7.98. The number of carbonyl (C=O) groups is 1. The van der Waals surface area contributed by atoms with Gasteiger partial charge in [-0.1, -0.05) is 6.08 Å². The van der Waals surface area contributed by atoms with Gasteiger partial charge in [-0.25, -0.2) is 9.78 Å². The van der Waals surface area contributed by atoms with E-state index in [1.807, 2.05) is 13.0 Å². The predicted octanol–water partition coefficient (Wildman–Crippen LogP) is 2.73. The van der Waals surface area contributed by atoms with Crippen molar-refractivity contribution in [3.05, 3.63) is 35.5 Å². The monoisotopic (exact) mass is 266 g/mol. The highest BCUT2D eigenvalue weighted by Crippen LogP contribution is 2.18. The number of anilines is 1. The molecular formula is C13H18N2O2S. The number of pyridine rings is 1. The number of nitrogens with one attached hydrogen (secondary N) is 1. The molecule has 98 valence electrons. The van der Waals surface area contributed by atoms with Crippen LogP contribution in [-0.2, 0) is 0 Å². The fourth-order valence-corrected chi connectivity index (χ4v) is 2.22. The smallest absolute Gasteiger partial charge is 0.339 e. The largest absolute Gasteiger partial charge is 0.478 e. The van der Waals surface area contributed by atoms with E-state index in [2.05, 4.69) is 16.9 Å². The SMILES string of the molecule is C=CCSCCNc1nc(C)cc(C)c1C(=O)O. The average molecular weight is 266 g/mol. The summed E-state index contributed by atoms with van der Waals surface area (Å²) in [5.74, 6) is 1.30. The maximum atomic E-state index is 11.2. The van der Waals surface area contributed by atoms with Gasteiger partial charge in [-0.2, -0.15) is 11.8 Å². The molecule has 0 unspecified atom stereocenters. The van der Waals surface area contributed by atoms with E-state index in [0.717, 1.165) is 22.8 Å². The number of hydrogen-bond acceptors (Lipinski definition) is 4. The van der Waals surface area contributed by atoms with Crippen molar-refractivity contribution in [2.24, 2.45) is 0 Å². The minimum absolute atomic E-state index is 0.259. The van der Waals surface area contributed by atoms with Crippen LogP contribution in [-0.4, -0.2) is 34.1 Å². The van der Waals surface area contributed by atoms with Gasteiger partial charge >= 0.3 is 5.97 Å². The van der Waals surface area contributed by atoms with E-state index in [0.29, 0.717) is 12.4 Å². The van der Waals surface area contributed by atoms with Gasteiger partial charge in [0, 0.05) is 23.7 Å². The first-order valence-corrected chi connectivity index (χ1v) is 6.85. The number of carboxylic acids is 1. The lowest BCUT2D eigenvalue weighted by Gasteiger charge is -2.11. The Kier molecular flexibility index (Phi) is 5.71. The number of thioether (sulfide) groups is 1. The molecule has 1 rings (SSSR count). The lowest BCUT2D eigenvalue weighted by molar-refractivity contribution is 0.0697. The molecular weight excluding hydrogens is 248 g/mol. The minimum atomic E-state index is -0.943. The van der Waals surface area contributed by atoms with Crippen LogP contribution in [0.25, 0.3) is 0 Å². The summed E-state index contributed by atoms with van der Waals surface area (Å²) in [5, 5.41) is 12.3. The first kappa shape index (κ1) is 14.6. The van der Waals surface area contributed by atoms with E-state index in [4.69, 9.17) is 0 Å². The fourth-order valence-electron chi connectivity index (χ4n) is 1.64.